The number of hydrogen-bond acceptors (Lipinski definition) is 3. The van der Waals surface area contributed by atoms with Crippen LogP contribution in [0.4, 0.5) is 0 Å². The van der Waals surface area contributed by atoms with Crippen LogP contribution < -0.4 is 14.8 Å². The maximum Gasteiger partial charge on any atom is 0.124 e. The Morgan fingerprint density at radius 1 is 1.00 bits per heavy atom. The predicted octanol–water partition coefficient (Wildman–Crippen LogP) is 3.97. The number of methoxy groups -OCH3 is 2. The third-order valence-electron chi connectivity index (χ3n) is 3.50. The summed E-state index contributed by atoms with van der Waals surface area (Å²) in [6.45, 7) is 2.06. The second-order valence-electron chi connectivity index (χ2n) is 4.85. The smallest absolute Gasteiger partial charge is 0.124 e. The number of halogens is 1. The molecule has 3 nitrogen and oxygen atoms in total. The van der Waals surface area contributed by atoms with E-state index in [1.165, 1.54) is 5.56 Å². The van der Waals surface area contributed by atoms with Gasteiger partial charge in [0.25, 0.3) is 0 Å². The molecular formula is C17H20ClNO2. The average Bonchev–Trinajstić information content (AvgIpc) is 2.49. The van der Waals surface area contributed by atoms with Gasteiger partial charge in [-0.1, -0.05) is 35.4 Å². The minimum absolute atomic E-state index is 0.0433. The molecule has 0 amide bonds. The summed E-state index contributed by atoms with van der Waals surface area (Å²) in [5.74, 6) is 1.58. The Labute approximate surface area is 130 Å². The second-order valence-corrected chi connectivity index (χ2v) is 5.26. The van der Waals surface area contributed by atoms with Gasteiger partial charge in [-0.15, -0.1) is 0 Å². The van der Waals surface area contributed by atoms with Gasteiger partial charge >= 0.3 is 0 Å². The first-order chi connectivity index (χ1) is 10.1. The van der Waals surface area contributed by atoms with E-state index in [0.717, 1.165) is 22.6 Å². The van der Waals surface area contributed by atoms with Crippen LogP contribution in [0.15, 0.2) is 36.4 Å². The van der Waals surface area contributed by atoms with E-state index in [1.807, 2.05) is 37.4 Å². The third-order valence-corrected chi connectivity index (χ3v) is 3.83. The van der Waals surface area contributed by atoms with Gasteiger partial charge in [0.15, 0.2) is 0 Å². The number of aryl methyl sites for hydroxylation is 1. The van der Waals surface area contributed by atoms with Crippen LogP contribution in [0.5, 0.6) is 11.5 Å². The summed E-state index contributed by atoms with van der Waals surface area (Å²) >= 11 is 6.41. The predicted molar refractivity (Wildman–Crippen MR) is 86.6 cm³/mol. The molecule has 0 saturated carbocycles. The summed E-state index contributed by atoms with van der Waals surface area (Å²) in [4.78, 5) is 0. The van der Waals surface area contributed by atoms with Gasteiger partial charge in [0, 0.05) is 10.6 Å². The molecule has 0 heterocycles. The van der Waals surface area contributed by atoms with Crippen molar-refractivity contribution in [3.63, 3.8) is 0 Å². The molecule has 0 aliphatic carbocycles. The summed E-state index contributed by atoms with van der Waals surface area (Å²) < 4.78 is 10.7. The molecule has 0 fully saturated rings. The molecule has 4 heteroatoms. The van der Waals surface area contributed by atoms with Crippen LogP contribution in [-0.2, 0) is 0 Å². The fourth-order valence-electron chi connectivity index (χ4n) is 2.43. The van der Waals surface area contributed by atoms with E-state index in [0.29, 0.717) is 5.02 Å². The number of nitrogens with one attached hydrogen (secondary N) is 1. The summed E-state index contributed by atoms with van der Waals surface area (Å²) in [6, 6.07) is 11.8. The monoisotopic (exact) mass is 305 g/mol. The maximum absolute atomic E-state index is 6.41. The molecule has 112 valence electrons. The molecule has 0 aromatic heterocycles. The van der Waals surface area contributed by atoms with Crippen molar-refractivity contribution in [1.82, 2.24) is 5.32 Å². The van der Waals surface area contributed by atoms with Gasteiger partial charge in [0.2, 0.25) is 0 Å². The van der Waals surface area contributed by atoms with Crippen LogP contribution in [0, 0.1) is 6.92 Å². The van der Waals surface area contributed by atoms with E-state index in [2.05, 4.69) is 18.3 Å². The van der Waals surface area contributed by atoms with Crippen LogP contribution in [0.3, 0.4) is 0 Å². The van der Waals surface area contributed by atoms with Crippen LogP contribution in [0.1, 0.15) is 22.7 Å². The summed E-state index contributed by atoms with van der Waals surface area (Å²) in [7, 11) is 5.22. The number of hydrogen-bond donors (Lipinski definition) is 1. The van der Waals surface area contributed by atoms with Crippen LogP contribution in [0.2, 0.25) is 5.02 Å². The van der Waals surface area contributed by atoms with E-state index < -0.39 is 0 Å². The van der Waals surface area contributed by atoms with Gasteiger partial charge in [-0.25, -0.2) is 0 Å². The van der Waals surface area contributed by atoms with Crippen molar-refractivity contribution in [2.45, 2.75) is 13.0 Å². The molecule has 2 aromatic carbocycles. The highest BCUT2D eigenvalue weighted by Crippen LogP contribution is 2.35. The van der Waals surface area contributed by atoms with E-state index in [4.69, 9.17) is 21.1 Å². The topological polar surface area (TPSA) is 30.5 Å². The van der Waals surface area contributed by atoms with Crippen molar-refractivity contribution >= 4 is 11.6 Å². The number of ether oxygens (including phenoxy) is 2. The lowest BCUT2D eigenvalue weighted by atomic mass is 9.96. The molecule has 0 spiro atoms. The van der Waals surface area contributed by atoms with Gasteiger partial charge in [-0.05, 0) is 37.7 Å². The molecule has 0 saturated heterocycles. The molecule has 1 N–H and O–H groups in total. The van der Waals surface area contributed by atoms with Crippen molar-refractivity contribution < 1.29 is 9.47 Å². The normalized spacial score (nSPS) is 12.0. The van der Waals surface area contributed by atoms with Gasteiger partial charge < -0.3 is 14.8 Å². The maximum atomic E-state index is 6.41. The van der Waals surface area contributed by atoms with E-state index in [9.17, 15) is 0 Å². The second kappa shape index (κ2) is 6.83. The highest BCUT2D eigenvalue weighted by Gasteiger charge is 2.19. The standard InChI is InChI=1S/C17H20ClNO2/c1-11-5-8-16(21-4)14(9-11)17(19-2)13-7-6-12(20-3)10-15(13)18/h5-10,17,19H,1-4H3. The molecule has 0 aliphatic heterocycles. The zero-order chi connectivity index (χ0) is 15.4. The average molecular weight is 306 g/mol. The van der Waals surface area contributed by atoms with Crippen molar-refractivity contribution in [1.29, 1.82) is 0 Å². The lowest BCUT2D eigenvalue weighted by Crippen LogP contribution is -2.19. The Balaban J connectivity index is 2.51. The van der Waals surface area contributed by atoms with Crippen molar-refractivity contribution in [2.24, 2.45) is 0 Å². The van der Waals surface area contributed by atoms with E-state index in [1.54, 1.807) is 14.2 Å². The quantitative estimate of drug-likeness (QED) is 0.906. The fourth-order valence-corrected chi connectivity index (χ4v) is 2.71. The van der Waals surface area contributed by atoms with Crippen LogP contribution in [0.25, 0.3) is 0 Å². The van der Waals surface area contributed by atoms with Crippen LogP contribution in [-0.4, -0.2) is 21.3 Å². The number of benzene rings is 2. The molecule has 0 bridgehead atoms. The van der Waals surface area contributed by atoms with Crippen molar-refractivity contribution in [2.75, 3.05) is 21.3 Å². The molecule has 1 atom stereocenters. The Bertz CT molecular complexity index is 628. The first-order valence-corrected chi connectivity index (χ1v) is 7.13. The highest BCUT2D eigenvalue weighted by molar-refractivity contribution is 6.31. The minimum Gasteiger partial charge on any atom is -0.497 e. The molecule has 1 unspecified atom stereocenters. The van der Waals surface area contributed by atoms with Gasteiger partial charge in [0.05, 0.1) is 20.3 Å². The summed E-state index contributed by atoms with van der Waals surface area (Å²) in [6.07, 6.45) is 0. The zero-order valence-electron chi connectivity index (χ0n) is 12.7. The largest absolute Gasteiger partial charge is 0.497 e. The zero-order valence-corrected chi connectivity index (χ0v) is 13.5. The lowest BCUT2D eigenvalue weighted by molar-refractivity contribution is 0.405. The molecular weight excluding hydrogens is 286 g/mol. The molecule has 0 aliphatic rings. The first kappa shape index (κ1) is 15.7. The summed E-state index contributed by atoms with van der Waals surface area (Å²) in [5.41, 5.74) is 3.23. The Kier molecular flexibility index (Phi) is 5.10. The lowest BCUT2D eigenvalue weighted by Gasteiger charge is -2.21. The first-order valence-electron chi connectivity index (χ1n) is 6.76. The van der Waals surface area contributed by atoms with Crippen molar-refractivity contribution in [3.05, 3.63) is 58.1 Å². The molecule has 21 heavy (non-hydrogen) atoms. The highest BCUT2D eigenvalue weighted by atomic mass is 35.5. The SMILES string of the molecule is CNC(c1ccc(OC)cc1Cl)c1cc(C)ccc1OC. The van der Waals surface area contributed by atoms with Crippen molar-refractivity contribution in [3.8, 4) is 11.5 Å². The van der Waals surface area contributed by atoms with Gasteiger partial charge in [-0.3, -0.25) is 0 Å². The van der Waals surface area contributed by atoms with E-state index >= 15 is 0 Å². The molecule has 2 aromatic rings. The number of rotatable bonds is 5. The molecule has 0 radical (unpaired) electrons. The minimum atomic E-state index is -0.0433. The summed E-state index contributed by atoms with van der Waals surface area (Å²) in [5, 5.41) is 3.97. The Hall–Kier alpha value is -1.71. The van der Waals surface area contributed by atoms with Gasteiger partial charge in [0.1, 0.15) is 11.5 Å². The fraction of sp³-hybridized carbons (Fsp3) is 0.294. The van der Waals surface area contributed by atoms with Gasteiger partial charge in [-0.2, -0.15) is 0 Å². The van der Waals surface area contributed by atoms with E-state index in [-0.39, 0.29) is 6.04 Å². The van der Waals surface area contributed by atoms with Crippen LogP contribution >= 0.6 is 11.6 Å². The third kappa shape index (κ3) is 3.31. The Morgan fingerprint density at radius 3 is 2.33 bits per heavy atom. The molecule has 2 rings (SSSR count). The Morgan fingerprint density at radius 2 is 1.76 bits per heavy atom.